The first-order valence-electron chi connectivity index (χ1n) is 6.23. The number of aliphatic carboxylic acids is 1. The lowest BCUT2D eigenvalue weighted by Gasteiger charge is -2.34. The lowest BCUT2D eigenvalue weighted by Crippen LogP contribution is -2.50. The highest BCUT2D eigenvalue weighted by Crippen LogP contribution is 2.40. The smallest absolute Gasteiger partial charge is 0.329 e. The first kappa shape index (κ1) is 14.7. The molecule has 1 N–H and O–H groups in total. The van der Waals surface area contributed by atoms with Crippen LogP contribution in [-0.2, 0) is 4.79 Å². The van der Waals surface area contributed by atoms with Gasteiger partial charge in [-0.25, -0.2) is 9.78 Å². The third-order valence-corrected chi connectivity index (χ3v) is 4.17. The van der Waals surface area contributed by atoms with Gasteiger partial charge in [0.2, 0.25) is 5.82 Å². The van der Waals surface area contributed by atoms with E-state index in [9.17, 15) is 20.0 Å². The number of anilines is 1. The molecule has 0 aliphatic carbocycles. The molecule has 0 saturated carbocycles. The average Bonchev–Trinajstić information content (AvgIpc) is 2.83. The van der Waals surface area contributed by atoms with Crippen LogP contribution < -0.4 is 4.90 Å². The Labute approximate surface area is 123 Å². The van der Waals surface area contributed by atoms with Gasteiger partial charge in [0.05, 0.1) is 4.92 Å². The topological polar surface area (TPSA) is 96.6 Å². The lowest BCUT2D eigenvalue weighted by atomic mass is 9.93. The number of carboxylic acid groups (broad SMARTS) is 1. The van der Waals surface area contributed by atoms with Crippen molar-refractivity contribution in [2.75, 3.05) is 11.4 Å². The molecule has 1 saturated heterocycles. The van der Waals surface area contributed by atoms with E-state index < -0.39 is 16.4 Å². The second kappa shape index (κ2) is 5.35. The Morgan fingerprint density at radius 1 is 1.70 bits per heavy atom. The highest BCUT2D eigenvalue weighted by molar-refractivity contribution is 9.10. The largest absolute Gasteiger partial charge is 0.479 e. The molecule has 0 amide bonds. The molecule has 1 aliphatic heterocycles. The quantitative estimate of drug-likeness (QED) is 0.666. The second-order valence-electron chi connectivity index (χ2n) is 4.70. The summed E-state index contributed by atoms with van der Waals surface area (Å²) in [6, 6.07) is 1.35. The number of hydrogen-bond acceptors (Lipinski definition) is 5. The molecular weight excluding hydrogens is 330 g/mol. The fourth-order valence-corrected chi connectivity index (χ4v) is 3.01. The van der Waals surface area contributed by atoms with Crippen LogP contribution in [0.2, 0.25) is 0 Å². The molecule has 20 heavy (non-hydrogen) atoms. The number of aromatic nitrogens is 1. The molecule has 108 valence electrons. The van der Waals surface area contributed by atoms with Gasteiger partial charge in [0.1, 0.15) is 5.54 Å². The van der Waals surface area contributed by atoms with Crippen LogP contribution in [0.1, 0.15) is 26.2 Å². The van der Waals surface area contributed by atoms with Gasteiger partial charge in [-0.15, -0.1) is 0 Å². The summed E-state index contributed by atoms with van der Waals surface area (Å²) in [5.74, 6) is -0.837. The van der Waals surface area contributed by atoms with Gasteiger partial charge < -0.3 is 10.0 Å². The molecular formula is C12H14BrN3O4. The maximum atomic E-state index is 11.6. The zero-order chi connectivity index (χ0) is 14.9. The Bertz CT molecular complexity index is 566. The van der Waals surface area contributed by atoms with Crippen LogP contribution in [0, 0.1) is 10.1 Å². The molecule has 8 heteroatoms. The van der Waals surface area contributed by atoms with E-state index in [1.165, 1.54) is 12.3 Å². The molecule has 0 spiro atoms. The van der Waals surface area contributed by atoms with E-state index in [1.807, 2.05) is 0 Å². The standard InChI is InChI=1S/C12H14BrN3O4/c1-2-12(11(17)18)4-3-5-15(12)10-9(16(19)20)6-8(13)7-14-10/h6-7H,2-5H2,1H3,(H,17,18)/t12-/m0/s1. The van der Waals surface area contributed by atoms with Crippen molar-refractivity contribution in [1.82, 2.24) is 4.98 Å². The fourth-order valence-electron chi connectivity index (χ4n) is 2.69. The summed E-state index contributed by atoms with van der Waals surface area (Å²) in [6.07, 6.45) is 2.96. The molecule has 1 aromatic heterocycles. The summed E-state index contributed by atoms with van der Waals surface area (Å²) in [5, 5.41) is 20.7. The molecule has 1 aromatic rings. The SMILES string of the molecule is CC[C@@]1(C(=O)O)CCCN1c1ncc(Br)cc1[N+](=O)[O-]. The van der Waals surface area contributed by atoms with Crippen LogP contribution in [0.4, 0.5) is 11.5 Å². The van der Waals surface area contributed by atoms with Crippen molar-refractivity contribution in [3.05, 3.63) is 26.9 Å². The van der Waals surface area contributed by atoms with Crippen LogP contribution in [0.3, 0.4) is 0 Å². The van der Waals surface area contributed by atoms with Crippen molar-refractivity contribution < 1.29 is 14.8 Å². The van der Waals surface area contributed by atoms with Gasteiger partial charge in [0, 0.05) is 23.3 Å². The van der Waals surface area contributed by atoms with Gasteiger partial charge >= 0.3 is 11.7 Å². The van der Waals surface area contributed by atoms with Crippen molar-refractivity contribution >= 4 is 33.4 Å². The molecule has 2 heterocycles. The number of nitro groups is 1. The van der Waals surface area contributed by atoms with E-state index in [2.05, 4.69) is 20.9 Å². The van der Waals surface area contributed by atoms with Crippen molar-refractivity contribution in [3.63, 3.8) is 0 Å². The fraction of sp³-hybridized carbons (Fsp3) is 0.500. The molecule has 0 aromatic carbocycles. The third-order valence-electron chi connectivity index (χ3n) is 3.74. The number of pyridine rings is 1. The molecule has 0 radical (unpaired) electrons. The summed E-state index contributed by atoms with van der Waals surface area (Å²) >= 11 is 3.15. The van der Waals surface area contributed by atoms with E-state index in [0.29, 0.717) is 30.3 Å². The zero-order valence-corrected chi connectivity index (χ0v) is 12.5. The number of nitrogens with zero attached hydrogens (tertiary/aromatic N) is 3. The number of carboxylic acids is 1. The minimum atomic E-state index is -1.11. The van der Waals surface area contributed by atoms with Crippen LogP contribution in [0.5, 0.6) is 0 Å². The highest BCUT2D eigenvalue weighted by atomic mass is 79.9. The number of carbonyl (C=O) groups is 1. The van der Waals surface area contributed by atoms with E-state index in [0.717, 1.165) is 0 Å². The van der Waals surface area contributed by atoms with Crippen LogP contribution in [0.15, 0.2) is 16.7 Å². The Kier molecular flexibility index (Phi) is 3.94. The molecule has 2 rings (SSSR count). The van der Waals surface area contributed by atoms with Gasteiger partial charge in [-0.1, -0.05) is 6.92 Å². The molecule has 7 nitrogen and oxygen atoms in total. The van der Waals surface area contributed by atoms with Gasteiger partial charge in [0.15, 0.2) is 0 Å². The normalized spacial score (nSPS) is 22.0. The number of rotatable bonds is 4. The molecule has 0 bridgehead atoms. The summed E-state index contributed by atoms with van der Waals surface area (Å²) < 4.78 is 0.490. The number of halogens is 1. The number of hydrogen-bond donors (Lipinski definition) is 1. The average molecular weight is 344 g/mol. The van der Waals surface area contributed by atoms with Gasteiger partial charge in [0.25, 0.3) is 0 Å². The predicted molar refractivity (Wildman–Crippen MR) is 75.8 cm³/mol. The van der Waals surface area contributed by atoms with Gasteiger partial charge in [-0.2, -0.15) is 0 Å². The van der Waals surface area contributed by atoms with E-state index in [4.69, 9.17) is 0 Å². The summed E-state index contributed by atoms with van der Waals surface area (Å²) in [7, 11) is 0. The Morgan fingerprint density at radius 2 is 2.40 bits per heavy atom. The van der Waals surface area contributed by atoms with Gasteiger partial charge in [-0.3, -0.25) is 10.1 Å². The molecule has 1 fully saturated rings. The summed E-state index contributed by atoms with van der Waals surface area (Å²) in [5.41, 5.74) is -1.29. The second-order valence-corrected chi connectivity index (χ2v) is 5.61. The molecule has 0 unspecified atom stereocenters. The predicted octanol–water partition coefficient (Wildman–Crippen LogP) is 2.59. The van der Waals surface area contributed by atoms with Crippen molar-refractivity contribution in [1.29, 1.82) is 0 Å². The Balaban J connectivity index is 2.55. The van der Waals surface area contributed by atoms with Gasteiger partial charge in [-0.05, 0) is 35.2 Å². The maximum Gasteiger partial charge on any atom is 0.329 e. The zero-order valence-electron chi connectivity index (χ0n) is 10.9. The molecule has 1 atom stereocenters. The third kappa shape index (κ3) is 2.24. The van der Waals surface area contributed by atoms with E-state index >= 15 is 0 Å². The highest BCUT2D eigenvalue weighted by Gasteiger charge is 2.48. The van der Waals surface area contributed by atoms with Crippen molar-refractivity contribution in [2.45, 2.75) is 31.7 Å². The lowest BCUT2D eigenvalue weighted by molar-refractivity contribution is -0.384. The molecule has 1 aliphatic rings. The summed E-state index contributed by atoms with van der Waals surface area (Å²) in [4.78, 5) is 27.9. The van der Waals surface area contributed by atoms with E-state index in [-0.39, 0.29) is 11.5 Å². The van der Waals surface area contributed by atoms with Crippen molar-refractivity contribution in [2.24, 2.45) is 0 Å². The minimum Gasteiger partial charge on any atom is -0.479 e. The monoisotopic (exact) mass is 343 g/mol. The summed E-state index contributed by atoms with van der Waals surface area (Å²) in [6.45, 7) is 2.23. The van der Waals surface area contributed by atoms with E-state index in [1.54, 1.807) is 11.8 Å². The minimum absolute atomic E-state index is 0.125. The first-order chi connectivity index (χ1) is 9.42. The van der Waals surface area contributed by atoms with Crippen LogP contribution in [0.25, 0.3) is 0 Å². The van der Waals surface area contributed by atoms with Crippen LogP contribution in [-0.4, -0.2) is 33.1 Å². The van der Waals surface area contributed by atoms with Crippen molar-refractivity contribution in [3.8, 4) is 0 Å². The van der Waals surface area contributed by atoms with Crippen LogP contribution >= 0.6 is 15.9 Å². The Hall–Kier alpha value is -1.70. The first-order valence-corrected chi connectivity index (χ1v) is 7.02. The Morgan fingerprint density at radius 3 is 2.95 bits per heavy atom. The maximum absolute atomic E-state index is 11.6.